The highest BCUT2D eigenvalue weighted by atomic mass is 16.5. The third-order valence-electron chi connectivity index (χ3n) is 6.19. The lowest BCUT2D eigenvalue weighted by atomic mass is 10.1. The number of nitrogens with zero attached hydrogens (tertiary/aromatic N) is 5. The van der Waals surface area contributed by atoms with Crippen molar-refractivity contribution in [3.63, 3.8) is 0 Å². The number of pyridine rings is 1. The molecular weight excluding hydrogens is 426 g/mol. The van der Waals surface area contributed by atoms with Gasteiger partial charge in [-0.2, -0.15) is 0 Å². The largest absolute Gasteiger partial charge is 0.489 e. The number of aromatic nitrogens is 4. The minimum absolute atomic E-state index is 0.0230. The monoisotopic (exact) mass is 453 g/mol. The van der Waals surface area contributed by atoms with E-state index in [4.69, 9.17) is 16.3 Å². The van der Waals surface area contributed by atoms with E-state index < -0.39 is 0 Å². The van der Waals surface area contributed by atoms with Crippen molar-refractivity contribution in [1.82, 2.24) is 24.8 Å². The number of hydrogen-bond acceptors (Lipinski definition) is 6. The first kappa shape index (κ1) is 21.9. The van der Waals surface area contributed by atoms with Gasteiger partial charge in [0.25, 0.3) is 0 Å². The molecule has 8 nitrogen and oxygen atoms in total. The molecule has 8 heteroatoms. The zero-order chi connectivity index (χ0) is 23.7. The van der Waals surface area contributed by atoms with E-state index in [1.807, 2.05) is 37.5 Å². The van der Waals surface area contributed by atoms with Crippen molar-refractivity contribution in [3.8, 4) is 17.0 Å². The molecule has 172 valence electrons. The first-order chi connectivity index (χ1) is 16.5. The summed E-state index contributed by atoms with van der Waals surface area (Å²) in [6.45, 7) is 13.7. The Morgan fingerprint density at radius 3 is 2.79 bits per heavy atom. The van der Waals surface area contributed by atoms with Crippen molar-refractivity contribution in [2.24, 2.45) is 0 Å². The summed E-state index contributed by atoms with van der Waals surface area (Å²) in [7, 11) is 2.12. The van der Waals surface area contributed by atoms with E-state index in [1.54, 1.807) is 6.20 Å². The van der Waals surface area contributed by atoms with Gasteiger partial charge in [0.2, 0.25) is 11.6 Å². The lowest BCUT2D eigenvalue weighted by Gasteiger charge is -2.17. The van der Waals surface area contributed by atoms with Crippen LogP contribution in [-0.2, 0) is 0 Å². The SMILES string of the molecule is [C-]#[N+]c1cnc(N[C@@H](C)c2ccc(O[C@H]3CCN(C)C3)cc2)nc1-c1c[nH]c2ncc(C)cc12. The fraction of sp³-hybridized carbons (Fsp3) is 0.308. The summed E-state index contributed by atoms with van der Waals surface area (Å²) in [5.74, 6) is 1.36. The van der Waals surface area contributed by atoms with E-state index in [-0.39, 0.29) is 12.1 Å². The van der Waals surface area contributed by atoms with Gasteiger partial charge in [-0.15, -0.1) is 0 Å². The fourth-order valence-electron chi connectivity index (χ4n) is 4.32. The standard InChI is InChI=1S/C26H27N7O/c1-16-11-21-22(13-29-25(21)28-12-16)24-23(27-3)14-30-26(32-24)31-17(2)18-5-7-19(8-6-18)34-20-9-10-33(4)15-20/h5-8,11-14,17,20H,9-10,15H2,1-2,4H3,(H,28,29)(H,30,31,32)/t17-,20-/m0/s1. The number of likely N-dealkylation sites (N-methyl/N-ethyl adjacent to an activating group) is 1. The van der Waals surface area contributed by atoms with E-state index in [9.17, 15) is 0 Å². The molecule has 1 aliphatic heterocycles. The Balaban J connectivity index is 1.35. The third kappa shape index (κ3) is 4.43. The van der Waals surface area contributed by atoms with Crippen LogP contribution in [0.2, 0.25) is 0 Å². The second-order valence-electron chi connectivity index (χ2n) is 8.88. The van der Waals surface area contributed by atoms with Crippen molar-refractivity contribution < 1.29 is 4.74 Å². The Hall–Kier alpha value is -3.96. The van der Waals surface area contributed by atoms with Crippen molar-refractivity contribution in [2.75, 3.05) is 25.5 Å². The molecule has 2 N–H and O–H groups in total. The van der Waals surface area contributed by atoms with E-state index >= 15 is 0 Å². The Morgan fingerprint density at radius 1 is 1.24 bits per heavy atom. The highest BCUT2D eigenvalue weighted by Gasteiger charge is 2.21. The molecule has 5 rings (SSSR count). The van der Waals surface area contributed by atoms with Crippen LogP contribution >= 0.6 is 0 Å². The number of aromatic amines is 1. The summed E-state index contributed by atoms with van der Waals surface area (Å²) in [5.41, 5.74) is 4.75. The quantitative estimate of drug-likeness (QED) is 0.394. The molecule has 0 aliphatic carbocycles. The van der Waals surface area contributed by atoms with E-state index in [0.717, 1.165) is 53.0 Å². The highest BCUT2D eigenvalue weighted by Crippen LogP contribution is 2.34. The first-order valence-corrected chi connectivity index (χ1v) is 11.4. The molecule has 3 aromatic heterocycles. The number of anilines is 1. The Bertz CT molecular complexity index is 1360. The molecule has 1 aromatic carbocycles. The highest BCUT2D eigenvalue weighted by molar-refractivity contribution is 5.96. The van der Waals surface area contributed by atoms with Gasteiger partial charge < -0.3 is 19.9 Å². The Kier molecular flexibility index (Phi) is 5.86. The van der Waals surface area contributed by atoms with Crippen molar-refractivity contribution in [3.05, 3.63) is 71.5 Å². The van der Waals surface area contributed by atoms with Gasteiger partial charge in [-0.3, -0.25) is 0 Å². The minimum atomic E-state index is -0.0230. The van der Waals surface area contributed by atoms with Gasteiger partial charge >= 0.3 is 0 Å². The summed E-state index contributed by atoms with van der Waals surface area (Å²) in [4.78, 5) is 22.6. The van der Waals surface area contributed by atoms with Crippen molar-refractivity contribution in [1.29, 1.82) is 0 Å². The predicted octanol–water partition coefficient (Wildman–Crippen LogP) is 5.14. The van der Waals surface area contributed by atoms with Crippen LogP contribution in [0.15, 0.2) is 48.9 Å². The van der Waals surface area contributed by atoms with E-state index in [1.165, 1.54) is 0 Å². The van der Waals surface area contributed by atoms with Crippen LogP contribution in [0.3, 0.4) is 0 Å². The van der Waals surface area contributed by atoms with E-state index in [0.29, 0.717) is 17.3 Å². The topological polar surface area (TPSA) is 83.3 Å². The number of hydrogen-bond donors (Lipinski definition) is 2. The van der Waals surface area contributed by atoms with Crippen LogP contribution in [0.1, 0.15) is 30.5 Å². The molecule has 0 spiro atoms. The van der Waals surface area contributed by atoms with Crippen LogP contribution in [-0.4, -0.2) is 51.1 Å². The normalized spacial score (nSPS) is 16.9. The van der Waals surface area contributed by atoms with Gasteiger partial charge in [0, 0.05) is 42.6 Å². The molecule has 0 radical (unpaired) electrons. The summed E-state index contributed by atoms with van der Waals surface area (Å²) in [6, 6.07) is 10.2. The average Bonchev–Trinajstić information content (AvgIpc) is 3.44. The molecule has 0 saturated carbocycles. The van der Waals surface area contributed by atoms with Gasteiger partial charge in [0.15, 0.2) is 0 Å². The number of likely N-dealkylation sites (tertiary alicyclic amines) is 1. The number of H-pyrrole nitrogens is 1. The maximum absolute atomic E-state index is 7.58. The van der Waals surface area contributed by atoms with Gasteiger partial charge in [-0.25, -0.2) is 19.8 Å². The third-order valence-corrected chi connectivity index (χ3v) is 6.19. The summed E-state index contributed by atoms with van der Waals surface area (Å²) >= 11 is 0. The maximum atomic E-state index is 7.58. The molecule has 0 amide bonds. The van der Waals surface area contributed by atoms with Crippen molar-refractivity contribution in [2.45, 2.75) is 32.4 Å². The molecule has 1 saturated heterocycles. The smallest absolute Gasteiger partial charge is 0.231 e. The fourth-order valence-corrected chi connectivity index (χ4v) is 4.32. The minimum Gasteiger partial charge on any atom is -0.489 e. The van der Waals surface area contributed by atoms with Crippen LogP contribution in [0.5, 0.6) is 5.75 Å². The van der Waals surface area contributed by atoms with Crippen molar-refractivity contribution >= 4 is 22.7 Å². The zero-order valence-corrected chi connectivity index (χ0v) is 19.5. The van der Waals surface area contributed by atoms with Gasteiger partial charge in [0.1, 0.15) is 17.5 Å². The molecule has 0 bridgehead atoms. The van der Waals surface area contributed by atoms with Gasteiger partial charge in [-0.1, -0.05) is 12.1 Å². The Morgan fingerprint density at radius 2 is 2.06 bits per heavy atom. The number of benzene rings is 1. The lowest BCUT2D eigenvalue weighted by molar-refractivity contribution is 0.208. The molecule has 4 aromatic rings. The van der Waals surface area contributed by atoms with Gasteiger partial charge in [-0.05, 0) is 56.6 Å². The maximum Gasteiger partial charge on any atom is 0.231 e. The van der Waals surface area contributed by atoms with Gasteiger partial charge in [0.05, 0.1) is 18.3 Å². The number of nitrogens with one attached hydrogen (secondary N) is 2. The van der Waals surface area contributed by atoms with Crippen LogP contribution in [0.25, 0.3) is 27.1 Å². The molecule has 34 heavy (non-hydrogen) atoms. The second kappa shape index (κ2) is 9.12. The Labute approximate surface area is 198 Å². The molecule has 1 fully saturated rings. The summed E-state index contributed by atoms with van der Waals surface area (Å²) in [5, 5.41) is 4.31. The molecule has 4 heterocycles. The predicted molar refractivity (Wildman–Crippen MR) is 133 cm³/mol. The molecular formula is C26H27N7O. The zero-order valence-electron chi connectivity index (χ0n) is 19.5. The first-order valence-electron chi connectivity index (χ1n) is 11.4. The summed E-state index contributed by atoms with van der Waals surface area (Å²) in [6.07, 6.45) is 6.55. The number of aryl methyl sites for hydroxylation is 1. The summed E-state index contributed by atoms with van der Waals surface area (Å²) < 4.78 is 6.10. The number of fused-ring (bicyclic) bond motifs is 1. The van der Waals surface area contributed by atoms with Crippen LogP contribution < -0.4 is 10.1 Å². The second-order valence-corrected chi connectivity index (χ2v) is 8.88. The molecule has 2 atom stereocenters. The molecule has 1 aliphatic rings. The molecule has 0 unspecified atom stereocenters. The van der Waals surface area contributed by atoms with E-state index in [2.05, 4.69) is 56.1 Å². The van der Waals surface area contributed by atoms with Crippen LogP contribution in [0, 0.1) is 13.5 Å². The lowest BCUT2D eigenvalue weighted by Crippen LogP contribution is -2.21. The number of ether oxygens (including phenoxy) is 1. The average molecular weight is 454 g/mol. The van der Waals surface area contributed by atoms with Crippen LogP contribution in [0.4, 0.5) is 11.6 Å². The number of rotatable bonds is 6.